The van der Waals surface area contributed by atoms with Gasteiger partial charge in [-0.2, -0.15) is 0 Å². The first-order chi connectivity index (χ1) is 9.63. The van der Waals surface area contributed by atoms with Crippen molar-refractivity contribution in [3.63, 3.8) is 0 Å². The minimum absolute atomic E-state index is 0.231. The van der Waals surface area contributed by atoms with Gasteiger partial charge in [0.2, 0.25) is 0 Å². The monoisotopic (exact) mass is 276 g/mol. The van der Waals surface area contributed by atoms with Gasteiger partial charge in [-0.05, 0) is 58.0 Å². The Hall–Kier alpha value is -1.06. The second-order valence-electron chi connectivity index (χ2n) is 6.16. The number of benzene rings is 1. The third-order valence-corrected chi connectivity index (χ3v) is 3.67. The van der Waals surface area contributed by atoms with Gasteiger partial charge in [-0.25, -0.2) is 0 Å². The Morgan fingerprint density at radius 1 is 1.35 bits per heavy atom. The molecule has 1 aromatic carbocycles. The predicted octanol–water partition coefficient (Wildman–Crippen LogP) is 3.05. The first-order valence-electron chi connectivity index (χ1n) is 7.81. The average molecular weight is 276 g/mol. The fourth-order valence-electron chi connectivity index (χ4n) is 2.82. The highest BCUT2D eigenvalue weighted by atomic mass is 16.5. The summed E-state index contributed by atoms with van der Waals surface area (Å²) in [5.41, 5.74) is 1.32. The van der Waals surface area contributed by atoms with Crippen LogP contribution in [0.2, 0.25) is 0 Å². The summed E-state index contributed by atoms with van der Waals surface area (Å²) in [6, 6.07) is 9.11. The molecular weight excluding hydrogens is 248 g/mol. The highest BCUT2D eigenvalue weighted by Gasteiger charge is 2.14. The minimum atomic E-state index is 0.231. The number of likely N-dealkylation sites (N-methyl/N-ethyl adjacent to an activating group) is 1. The molecule has 2 rings (SSSR count). The van der Waals surface area contributed by atoms with Crippen molar-refractivity contribution in [1.82, 2.24) is 10.2 Å². The summed E-state index contributed by atoms with van der Waals surface area (Å²) in [6.45, 7) is 7.40. The fourth-order valence-corrected chi connectivity index (χ4v) is 2.82. The van der Waals surface area contributed by atoms with Crippen LogP contribution in [0.3, 0.4) is 0 Å². The first-order valence-corrected chi connectivity index (χ1v) is 7.81. The van der Waals surface area contributed by atoms with Gasteiger partial charge in [-0.3, -0.25) is 0 Å². The second kappa shape index (κ2) is 7.65. The summed E-state index contributed by atoms with van der Waals surface area (Å²) < 4.78 is 5.76. The summed E-state index contributed by atoms with van der Waals surface area (Å²) in [5, 5.41) is 3.61. The lowest BCUT2D eigenvalue weighted by Gasteiger charge is -2.28. The Morgan fingerprint density at radius 2 is 2.20 bits per heavy atom. The zero-order chi connectivity index (χ0) is 14.4. The molecule has 20 heavy (non-hydrogen) atoms. The van der Waals surface area contributed by atoms with E-state index in [1.54, 1.807) is 0 Å². The molecule has 1 heterocycles. The van der Waals surface area contributed by atoms with Crippen LogP contribution in [0.4, 0.5) is 0 Å². The van der Waals surface area contributed by atoms with Crippen LogP contribution in [0.1, 0.15) is 38.7 Å². The molecule has 0 aromatic heterocycles. The summed E-state index contributed by atoms with van der Waals surface area (Å²) in [4.78, 5) is 2.40. The first kappa shape index (κ1) is 15.3. The lowest BCUT2D eigenvalue weighted by Crippen LogP contribution is -2.42. The van der Waals surface area contributed by atoms with Crippen molar-refractivity contribution in [2.45, 2.75) is 51.8 Å². The van der Waals surface area contributed by atoms with Crippen molar-refractivity contribution in [2.75, 3.05) is 20.1 Å². The van der Waals surface area contributed by atoms with Crippen LogP contribution in [0.5, 0.6) is 5.75 Å². The molecule has 0 radical (unpaired) electrons. The standard InChI is InChI=1S/C17H28N2O/c1-14(2)20-17-9-6-7-15(11-17)12-19(3)13-16-8-4-5-10-18-16/h6-7,9,11,14,16,18H,4-5,8,10,12-13H2,1-3H3. The van der Waals surface area contributed by atoms with E-state index in [-0.39, 0.29) is 6.10 Å². The maximum Gasteiger partial charge on any atom is 0.120 e. The Kier molecular flexibility index (Phi) is 5.86. The van der Waals surface area contributed by atoms with Gasteiger partial charge in [0.05, 0.1) is 6.10 Å². The molecule has 1 saturated heterocycles. The van der Waals surface area contributed by atoms with E-state index in [0.29, 0.717) is 6.04 Å². The van der Waals surface area contributed by atoms with E-state index in [1.807, 2.05) is 6.07 Å². The van der Waals surface area contributed by atoms with E-state index in [0.717, 1.165) is 18.8 Å². The van der Waals surface area contributed by atoms with Crippen LogP contribution in [-0.2, 0) is 6.54 Å². The summed E-state index contributed by atoms with van der Waals surface area (Å²) in [6.07, 6.45) is 4.23. The number of hydrogen-bond acceptors (Lipinski definition) is 3. The zero-order valence-electron chi connectivity index (χ0n) is 13.1. The van der Waals surface area contributed by atoms with Gasteiger partial charge in [0, 0.05) is 19.1 Å². The largest absolute Gasteiger partial charge is 0.491 e. The fraction of sp³-hybridized carbons (Fsp3) is 0.647. The molecule has 1 N–H and O–H groups in total. The van der Waals surface area contributed by atoms with E-state index in [4.69, 9.17) is 4.74 Å². The molecule has 1 aliphatic heterocycles. The van der Waals surface area contributed by atoms with Gasteiger partial charge in [0.25, 0.3) is 0 Å². The van der Waals surface area contributed by atoms with Crippen LogP contribution < -0.4 is 10.1 Å². The lowest BCUT2D eigenvalue weighted by atomic mass is 10.0. The van der Waals surface area contributed by atoms with Gasteiger partial charge < -0.3 is 15.0 Å². The third kappa shape index (κ3) is 5.14. The summed E-state index contributed by atoms with van der Waals surface area (Å²) >= 11 is 0. The average Bonchev–Trinajstić information content (AvgIpc) is 2.39. The highest BCUT2D eigenvalue weighted by molar-refractivity contribution is 5.28. The highest BCUT2D eigenvalue weighted by Crippen LogP contribution is 2.16. The molecule has 3 nitrogen and oxygen atoms in total. The molecule has 0 saturated carbocycles. The molecule has 1 aliphatic rings. The summed E-state index contributed by atoms with van der Waals surface area (Å²) in [5.74, 6) is 0.974. The SMILES string of the molecule is CC(C)Oc1cccc(CN(C)CC2CCCCN2)c1. The van der Waals surface area contributed by atoms with E-state index >= 15 is 0 Å². The van der Waals surface area contributed by atoms with Gasteiger partial charge in [-0.15, -0.1) is 0 Å². The normalized spacial score (nSPS) is 19.6. The van der Waals surface area contributed by atoms with Crippen LogP contribution in [-0.4, -0.2) is 37.2 Å². The number of ether oxygens (including phenoxy) is 1. The van der Waals surface area contributed by atoms with Crippen molar-refractivity contribution in [3.05, 3.63) is 29.8 Å². The Morgan fingerprint density at radius 3 is 2.90 bits per heavy atom. The molecule has 0 bridgehead atoms. The molecule has 0 amide bonds. The van der Waals surface area contributed by atoms with Crippen LogP contribution in [0.25, 0.3) is 0 Å². The minimum Gasteiger partial charge on any atom is -0.491 e. The number of piperidine rings is 1. The Balaban J connectivity index is 1.85. The molecule has 1 atom stereocenters. The molecule has 1 fully saturated rings. The smallest absolute Gasteiger partial charge is 0.120 e. The van der Waals surface area contributed by atoms with Crippen molar-refractivity contribution < 1.29 is 4.74 Å². The lowest BCUT2D eigenvalue weighted by molar-refractivity contribution is 0.240. The van der Waals surface area contributed by atoms with Crippen molar-refractivity contribution >= 4 is 0 Å². The Bertz CT molecular complexity index is 400. The van der Waals surface area contributed by atoms with E-state index in [1.165, 1.54) is 31.4 Å². The second-order valence-corrected chi connectivity index (χ2v) is 6.16. The van der Waals surface area contributed by atoms with Gasteiger partial charge in [0.15, 0.2) is 0 Å². The van der Waals surface area contributed by atoms with Crippen molar-refractivity contribution in [2.24, 2.45) is 0 Å². The molecule has 3 heteroatoms. The molecular formula is C17H28N2O. The number of rotatable bonds is 6. The number of nitrogens with zero attached hydrogens (tertiary/aromatic N) is 1. The maximum atomic E-state index is 5.76. The van der Waals surface area contributed by atoms with Crippen LogP contribution >= 0.6 is 0 Å². The summed E-state index contributed by atoms with van der Waals surface area (Å²) in [7, 11) is 2.20. The molecule has 112 valence electrons. The topological polar surface area (TPSA) is 24.5 Å². The van der Waals surface area contributed by atoms with Crippen LogP contribution in [0.15, 0.2) is 24.3 Å². The van der Waals surface area contributed by atoms with Gasteiger partial charge >= 0.3 is 0 Å². The molecule has 0 spiro atoms. The maximum absolute atomic E-state index is 5.76. The quantitative estimate of drug-likeness (QED) is 0.864. The zero-order valence-corrected chi connectivity index (χ0v) is 13.1. The molecule has 1 unspecified atom stereocenters. The van der Waals surface area contributed by atoms with Crippen LogP contribution in [0, 0.1) is 0 Å². The number of hydrogen-bond donors (Lipinski definition) is 1. The van der Waals surface area contributed by atoms with E-state index in [9.17, 15) is 0 Å². The predicted molar refractivity (Wildman–Crippen MR) is 84.2 cm³/mol. The molecule has 0 aliphatic carbocycles. The molecule has 1 aromatic rings. The van der Waals surface area contributed by atoms with E-state index < -0.39 is 0 Å². The number of nitrogens with one attached hydrogen (secondary N) is 1. The van der Waals surface area contributed by atoms with Crippen molar-refractivity contribution in [3.8, 4) is 5.75 Å². The van der Waals surface area contributed by atoms with Gasteiger partial charge in [0.1, 0.15) is 5.75 Å². The third-order valence-electron chi connectivity index (χ3n) is 3.67. The van der Waals surface area contributed by atoms with Crippen molar-refractivity contribution in [1.29, 1.82) is 0 Å². The Labute approximate surface area is 123 Å². The van der Waals surface area contributed by atoms with E-state index in [2.05, 4.69) is 49.3 Å². The van der Waals surface area contributed by atoms with Gasteiger partial charge in [-0.1, -0.05) is 18.6 Å².